The predicted octanol–water partition coefficient (Wildman–Crippen LogP) is 5.44. The van der Waals surface area contributed by atoms with E-state index < -0.39 is 0 Å². The van der Waals surface area contributed by atoms with Crippen molar-refractivity contribution in [2.24, 2.45) is 10.7 Å². The average molecular weight is 400 g/mol. The van der Waals surface area contributed by atoms with Crippen molar-refractivity contribution in [3.63, 3.8) is 0 Å². The number of nitrogens with zero attached hydrogens (tertiary/aromatic N) is 2. The third-order valence-electron chi connectivity index (χ3n) is 5.37. The Morgan fingerprint density at radius 3 is 1.87 bits per heavy atom. The number of pyridine rings is 1. The predicted molar refractivity (Wildman–Crippen MR) is 127 cm³/mol. The lowest BCUT2D eigenvalue weighted by Crippen LogP contribution is -2.25. The van der Waals surface area contributed by atoms with Crippen LogP contribution in [0.15, 0.2) is 90.2 Å². The van der Waals surface area contributed by atoms with Crippen molar-refractivity contribution in [3.8, 4) is 0 Å². The van der Waals surface area contributed by atoms with Gasteiger partial charge in [-0.25, -0.2) is 0 Å². The molecular weight excluding hydrogens is 366 g/mol. The Bertz CT molecular complexity index is 802. The number of nitrogens with two attached hydrogens (primary N) is 1. The van der Waals surface area contributed by atoms with Crippen LogP contribution in [0.4, 0.5) is 0 Å². The van der Waals surface area contributed by atoms with Crippen molar-refractivity contribution in [2.45, 2.75) is 57.0 Å². The fourth-order valence-electron chi connectivity index (χ4n) is 3.74. The number of hydrogen-bond acceptors (Lipinski definition) is 3. The number of aryl methyl sites for hydroxylation is 2. The van der Waals surface area contributed by atoms with E-state index >= 15 is 0 Å². The summed E-state index contributed by atoms with van der Waals surface area (Å²) < 4.78 is 0. The number of rotatable bonds is 12. The van der Waals surface area contributed by atoms with E-state index in [4.69, 9.17) is 10.7 Å². The van der Waals surface area contributed by atoms with Gasteiger partial charge in [0.1, 0.15) is 0 Å². The molecule has 3 aromatic rings. The van der Waals surface area contributed by atoms with Gasteiger partial charge in [-0.1, -0.05) is 66.7 Å². The van der Waals surface area contributed by atoms with Crippen LogP contribution in [0.5, 0.6) is 0 Å². The molecule has 1 unspecified atom stereocenters. The minimum atomic E-state index is -0.0695. The van der Waals surface area contributed by atoms with Crippen molar-refractivity contribution in [3.05, 3.63) is 102 Å². The molecule has 0 aliphatic carbocycles. The lowest BCUT2D eigenvalue weighted by molar-refractivity contribution is 0.529. The highest BCUT2D eigenvalue weighted by atomic mass is 14.8. The van der Waals surface area contributed by atoms with Gasteiger partial charge in [0.2, 0.25) is 0 Å². The van der Waals surface area contributed by atoms with Crippen molar-refractivity contribution in [2.75, 3.05) is 0 Å². The number of benzene rings is 2. The third-order valence-corrected chi connectivity index (χ3v) is 5.37. The smallest absolute Gasteiger partial charge is 0.0496 e. The van der Waals surface area contributed by atoms with E-state index in [1.54, 1.807) is 6.20 Å². The fourth-order valence-corrected chi connectivity index (χ4v) is 3.74. The van der Waals surface area contributed by atoms with Crippen LogP contribution in [0, 0.1) is 0 Å². The van der Waals surface area contributed by atoms with Gasteiger partial charge in [-0.2, -0.15) is 0 Å². The second kappa shape index (κ2) is 12.7. The molecule has 0 saturated heterocycles. The van der Waals surface area contributed by atoms with E-state index in [2.05, 4.69) is 71.7 Å². The van der Waals surface area contributed by atoms with E-state index in [-0.39, 0.29) is 6.04 Å². The minimum Gasteiger partial charge on any atom is -0.323 e. The molecule has 0 aliphatic heterocycles. The highest BCUT2D eigenvalue weighted by Crippen LogP contribution is 2.15. The molecule has 1 aromatic heterocycles. The highest BCUT2D eigenvalue weighted by molar-refractivity contribution is 5.64. The Hall–Kier alpha value is -2.78. The molecule has 2 aromatic carbocycles. The van der Waals surface area contributed by atoms with E-state index in [0.717, 1.165) is 50.5 Å². The van der Waals surface area contributed by atoms with Crippen LogP contribution in [0.3, 0.4) is 0 Å². The van der Waals surface area contributed by atoms with Crippen molar-refractivity contribution in [1.29, 1.82) is 0 Å². The molecule has 0 fully saturated rings. The molecule has 156 valence electrons. The topological polar surface area (TPSA) is 51.3 Å². The first-order valence-electron chi connectivity index (χ1n) is 11.1. The second-order valence-electron chi connectivity index (χ2n) is 7.94. The normalized spacial score (nSPS) is 12.5. The monoisotopic (exact) mass is 399 g/mol. The zero-order chi connectivity index (χ0) is 20.9. The average Bonchev–Trinajstić information content (AvgIpc) is 2.79. The molecule has 0 amide bonds. The van der Waals surface area contributed by atoms with Gasteiger partial charge in [0.25, 0.3) is 0 Å². The molecule has 1 heterocycles. The molecule has 0 saturated carbocycles. The zero-order valence-corrected chi connectivity index (χ0v) is 17.7. The first-order chi connectivity index (χ1) is 14.8. The molecule has 3 heteroatoms. The van der Waals surface area contributed by atoms with Crippen molar-refractivity contribution < 1.29 is 0 Å². The number of aromatic nitrogens is 1. The Labute approximate surface area is 181 Å². The molecule has 0 radical (unpaired) electrons. The molecule has 1 atom stereocenters. The Morgan fingerprint density at radius 2 is 1.33 bits per heavy atom. The van der Waals surface area contributed by atoms with Gasteiger partial charge in [-0.3, -0.25) is 9.98 Å². The Morgan fingerprint density at radius 1 is 0.767 bits per heavy atom. The Kier molecular flexibility index (Phi) is 9.29. The lowest BCUT2D eigenvalue weighted by atomic mass is 9.99. The summed E-state index contributed by atoms with van der Waals surface area (Å²) in [5, 5.41) is 0. The van der Waals surface area contributed by atoms with Gasteiger partial charge in [0.05, 0.1) is 0 Å². The third kappa shape index (κ3) is 8.30. The lowest BCUT2D eigenvalue weighted by Gasteiger charge is -2.14. The van der Waals surface area contributed by atoms with Crippen molar-refractivity contribution >= 4 is 6.21 Å². The van der Waals surface area contributed by atoms with Crippen LogP contribution in [0.1, 0.15) is 42.4 Å². The first-order valence-corrected chi connectivity index (χ1v) is 11.1. The largest absolute Gasteiger partial charge is 0.323 e. The summed E-state index contributed by atoms with van der Waals surface area (Å²) in [5.74, 6) is 0. The standard InChI is InChI=1S/C27H33N3/c28-26(20-25-16-9-19-29-21-25)22-30-27(17-7-14-23-10-3-1-4-11-23)18-8-15-24-12-5-2-6-13-24/h1-6,9-13,16,19,21-22,26-27H,7-8,14-15,17-18,20,28H2. The van der Waals surface area contributed by atoms with Gasteiger partial charge < -0.3 is 5.73 Å². The van der Waals surface area contributed by atoms with Crippen LogP contribution < -0.4 is 5.73 Å². The summed E-state index contributed by atoms with van der Waals surface area (Å²) in [4.78, 5) is 9.08. The fraction of sp³-hybridized carbons (Fsp3) is 0.333. The van der Waals surface area contributed by atoms with Gasteiger partial charge in [0.15, 0.2) is 0 Å². The van der Waals surface area contributed by atoms with E-state index in [1.165, 1.54) is 11.1 Å². The van der Waals surface area contributed by atoms with Crippen LogP contribution in [0.2, 0.25) is 0 Å². The summed E-state index contributed by atoms with van der Waals surface area (Å²) >= 11 is 0. The maximum atomic E-state index is 6.32. The summed E-state index contributed by atoms with van der Waals surface area (Å²) in [7, 11) is 0. The zero-order valence-electron chi connectivity index (χ0n) is 17.7. The van der Waals surface area contributed by atoms with Crippen LogP contribution in [-0.2, 0) is 19.3 Å². The van der Waals surface area contributed by atoms with Gasteiger partial charge in [-0.15, -0.1) is 0 Å². The van der Waals surface area contributed by atoms with Gasteiger partial charge in [-0.05, 0) is 67.7 Å². The van der Waals surface area contributed by atoms with Gasteiger partial charge >= 0.3 is 0 Å². The Balaban J connectivity index is 1.51. The highest BCUT2D eigenvalue weighted by Gasteiger charge is 2.09. The summed E-state index contributed by atoms with van der Waals surface area (Å²) in [6, 6.07) is 25.7. The summed E-state index contributed by atoms with van der Waals surface area (Å²) in [6.45, 7) is 0. The molecule has 3 rings (SSSR count). The SMILES string of the molecule is NC(C=NC(CCCc1ccccc1)CCCc1ccccc1)Cc1cccnc1. The molecule has 0 bridgehead atoms. The summed E-state index contributed by atoms with van der Waals surface area (Å²) in [5.41, 5.74) is 10.3. The molecule has 0 aliphatic rings. The van der Waals surface area contributed by atoms with E-state index in [0.29, 0.717) is 6.04 Å². The quantitative estimate of drug-likeness (QED) is 0.413. The van der Waals surface area contributed by atoms with Crippen LogP contribution in [-0.4, -0.2) is 23.3 Å². The number of aliphatic imine (C=N–C) groups is 1. The van der Waals surface area contributed by atoms with E-state index in [9.17, 15) is 0 Å². The molecule has 3 nitrogen and oxygen atoms in total. The molecule has 0 spiro atoms. The van der Waals surface area contributed by atoms with Crippen LogP contribution >= 0.6 is 0 Å². The van der Waals surface area contributed by atoms with Crippen LogP contribution in [0.25, 0.3) is 0 Å². The minimum absolute atomic E-state index is 0.0695. The molecule has 30 heavy (non-hydrogen) atoms. The second-order valence-corrected chi connectivity index (χ2v) is 7.94. The molecular formula is C27H33N3. The maximum absolute atomic E-state index is 6.32. The van der Waals surface area contributed by atoms with Crippen molar-refractivity contribution in [1.82, 2.24) is 4.98 Å². The maximum Gasteiger partial charge on any atom is 0.0496 e. The first kappa shape index (κ1) is 21.9. The van der Waals surface area contributed by atoms with E-state index in [1.807, 2.05) is 18.5 Å². The van der Waals surface area contributed by atoms with Gasteiger partial charge in [0, 0.05) is 30.7 Å². The number of hydrogen-bond donors (Lipinski definition) is 1. The molecule has 2 N–H and O–H groups in total. The summed E-state index contributed by atoms with van der Waals surface area (Å²) in [6.07, 6.45) is 13.1.